The Morgan fingerprint density at radius 2 is 1.48 bits per heavy atom. The maximum Gasteiger partial charge on any atom is 0.226 e. The number of hydrogen-bond donors (Lipinski definition) is 0. The largest absolute Gasteiger partial charge is 0.226 e. The zero-order valence-corrected chi connectivity index (χ0v) is 14.5. The van der Waals surface area contributed by atoms with Crippen molar-refractivity contribution < 1.29 is 9.60 Å². The van der Waals surface area contributed by atoms with Crippen LogP contribution in [0.1, 0.15) is 9.60 Å². The summed E-state index contributed by atoms with van der Waals surface area (Å²) in [6.45, 7) is 0. The summed E-state index contributed by atoms with van der Waals surface area (Å²) in [5.41, 5.74) is 0.527. The number of benzene rings is 4. The Labute approximate surface area is 171 Å². The van der Waals surface area contributed by atoms with Gasteiger partial charge in [-0.15, -0.1) is 0 Å². The monoisotopic (exact) mass is 374 g/mol. The minimum atomic E-state index is -0.528. The summed E-state index contributed by atoms with van der Waals surface area (Å²) in [7, 11) is 0. The fourth-order valence-corrected chi connectivity index (χ4v) is 3.06. The van der Waals surface area contributed by atoms with Crippen LogP contribution >= 0.6 is 11.6 Å². The van der Waals surface area contributed by atoms with Crippen molar-refractivity contribution in [1.82, 2.24) is 15.0 Å². The third-order valence-electron chi connectivity index (χ3n) is 4.15. The van der Waals surface area contributed by atoms with Crippen LogP contribution in [0, 0.1) is 0 Å². The molecule has 0 radical (unpaired) electrons. The molecule has 0 bridgehead atoms. The first-order chi connectivity index (χ1) is 16.2. The molecule has 0 saturated carbocycles. The van der Waals surface area contributed by atoms with Gasteiger partial charge in [0.1, 0.15) is 0 Å². The van der Waals surface area contributed by atoms with Gasteiger partial charge in [0.15, 0.2) is 11.6 Å². The summed E-state index contributed by atoms with van der Waals surface area (Å²) in [6, 6.07) is 9.96. The Bertz CT molecular complexity index is 1650. The van der Waals surface area contributed by atoms with Crippen LogP contribution in [0.4, 0.5) is 0 Å². The van der Waals surface area contributed by atoms with Crippen LogP contribution in [-0.4, -0.2) is 15.0 Å². The predicted molar refractivity (Wildman–Crippen MR) is 111 cm³/mol. The van der Waals surface area contributed by atoms with Crippen LogP contribution in [0.15, 0.2) is 84.8 Å². The summed E-state index contributed by atoms with van der Waals surface area (Å²) in [5, 5.41) is 1.51. The molecule has 5 aromatic rings. The van der Waals surface area contributed by atoms with Crippen molar-refractivity contribution in [3.05, 3.63) is 90.0 Å². The summed E-state index contributed by atoms with van der Waals surface area (Å²) in [4.78, 5) is 12.8. The minimum Gasteiger partial charge on any atom is -0.208 e. The Morgan fingerprint density at radius 3 is 2.41 bits per heavy atom. The average molecular weight is 375 g/mol. The van der Waals surface area contributed by atoms with E-state index in [1.54, 1.807) is 0 Å². The standard InChI is InChI=1S/C23H14ClN3/c24-23-26-21(18-13-12-15-6-1-2-8-17(15)14-18)25-22(27-23)20-11-5-9-16-7-3-4-10-19(16)20/h1-14H/i3D,4D,5D,7D,9D,10D,11D. The Kier molecular flexibility index (Phi) is 2.42. The normalized spacial score (nSPS) is 14.8. The lowest BCUT2D eigenvalue weighted by Gasteiger charge is -2.08. The highest BCUT2D eigenvalue weighted by Crippen LogP contribution is 2.29. The molecule has 0 aliphatic carbocycles. The van der Waals surface area contributed by atoms with E-state index in [0.717, 1.165) is 10.8 Å². The molecule has 3 nitrogen and oxygen atoms in total. The van der Waals surface area contributed by atoms with Crippen molar-refractivity contribution in [3.63, 3.8) is 0 Å². The third kappa shape index (κ3) is 2.92. The van der Waals surface area contributed by atoms with Crippen LogP contribution in [0.25, 0.3) is 44.3 Å². The number of fused-ring (bicyclic) bond motifs is 2. The second kappa shape index (κ2) is 6.45. The SMILES string of the molecule is [2H]c1c([2H])c([2H])c2c(-c3nc(Cl)nc(-c4ccc5ccccc5c4)n3)c([2H])c([2H])c([2H])c2c1[2H]. The number of rotatable bonds is 2. The molecule has 1 heterocycles. The van der Waals surface area contributed by atoms with Crippen LogP contribution < -0.4 is 0 Å². The van der Waals surface area contributed by atoms with Gasteiger partial charge < -0.3 is 0 Å². The fourth-order valence-electron chi connectivity index (χ4n) is 2.90. The van der Waals surface area contributed by atoms with Gasteiger partial charge in [-0.25, -0.2) is 4.98 Å². The van der Waals surface area contributed by atoms with Gasteiger partial charge in [-0.05, 0) is 39.2 Å². The van der Waals surface area contributed by atoms with E-state index >= 15 is 0 Å². The van der Waals surface area contributed by atoms with Gasteiger partial charge in [-0.3, -0.25) is 0 Å². The molecule has 27 heavy (non-hydrogen) atoms. The highest BCUT2D eigenvalue weighted by molar-refractivity contribution is 6.28. The highest BCUT2D eigenvalue weighted by Gasteiger charge is 2.12. The van der Waals surface area contributed by atoms with Crippen molar-refractivity contribution in [2.75, 3.05) is 0 Å². The maximum atomic E-state index is 8.50. The number of halogens is 1. The van der Waals surface area contributed by atoms with Crippen LogP contribution in [0.5, 0.6) is 0 Å². The molecule has 0 fully saturated rings. The van der Waals surface area contributed by atoms with Crippen LogP contribution in [0.2, 0.25) is 5.28 Å². The number of nitrogens with zero attached hydrogens (tertiary/aromatic N) is 3. The van der Waals surface area contributed by atoms with E-state index in [4.69, 9.17) is 21.2 Å². The van der Waals surface area contributed by atoms with Gasteiger partial charge in [-0.1, -0.05) is 78.7 Å². The predicted octanol–water partition coefficient (Wildman–Crippen LogP) is 6.17. The molecule has 0 unspecified atom stereocenters. The Balaban J connectivity index is 1.85. The number of aromatic nitrogens is 3. The second-order valence-electron chi connectivity index (χ2n) is 5.81. The van der Waals surface area contributed by atoms with Crippen LogP contribution in [-0.2, 0) is 0 Å². The minimum absolute atomic E-state index is 0.102. The van der Waals surface area contributed by atoms with Gasteiger partial charge in [0.05, 0.1) is 9.60 Å². The summed E-state index contributed by atoms with van der Waals surface area (Å²) in [5.74, 6) is 0.0901. The molecule has 4 aromatic carbocycles. The van der Waals surface area contributed by atoms with E-state index in [2.05, 4.69) is 15.0 Å². The zero-order valence-electron chi connectivity index (χ0n) is 20.8. The van der Waals surface area contributed by atoms with Crippen molar-refractivity contribution in [2.24, 2.45) is 0 Å². The average Bonchev–Trinajstić information content (AvgIpc) is 2.83. The molecular weight excluding hydrogens is 354 g/mol. The van der Waals surface area contributed by atoms with E-state index in [0.29, 0.717) is 5.56 Å². The van der Waals surface area contributed by atoms with E-state index in [-0.39, 0.29) is 33.3 Å². The highest BCUT2D eigenvalue weighted by atomic mass is 35.5. The first-order valence-electron chi connectivity index (χ1n) is 11.6. The van der Waals surface area contributed by atoms with E-state index in [1.807, 2.05) is 42.5 Å². The molecule has 1 aromatic heterocycles. The summed E-state index contributed by atoms with van der Waals surface area (Å²) in [6.07, 6.45) is 0. The molecule has 4 heteroatoms. The first-order valence-corrected chi connectivity index (χ1v) is 8.47. The van der Waals surface area contributed by atoms with E-state index in [1.165, 1.54) is 0 Å². The van der Waals surface area contributed by atoms with Gasteiger partial charge in [0.25, 0.3) is 0 Å². The maximum absolute atomic E-state index is 8.50. The zero-order chi connectivity index (χ0) is 24.3. The van der Waals surface area contributed by atoms with Gasteiger partial charge >= 0.3 is 0 Å². The summed E-state index contributed by atoms with van der Waals surface area (Å²) >= 11 is 6.21. The molecule has 0 aliphatic heterocycles. The first kappa shape index (κ1) is 10.1. The topological polar surface area (TPSA) is 38.7 Å². The lowest BCUT2D eigenvalue weighted by molar-refractivity contribution is 1.07. The molecule has 0 amide bonds. The summed E-state index contributed by atoms with van der Waals surface area (Å²) < 4.78 is 57.7. The van der Waals surface area contributed by atoms with E-state index in [9.17, 15) is 0 Å². The molecule has 0 atom stereocenters. The van der Waals surface area contributed by atoms with E-state index < -0.39 is 42.3 Å². The lowest BCUT2D eigenvalue weighted by atomic mass is 10.0. The van der Waals surface area contributed by atoms with Crippen molar-refractivity contribution >= 4 is 33.1 Å². The molecule has 0 N–H and O–H groups in total. The van der Waals surface area contributed by atoms with Crippen LogP contribution in [0.3, 0.4) is 0 Å². The smallest absolute Gasteiger partial charge is 0.208 e. The Morgan fingerprint density at radius 1 is 0.704 bits per heavy atom. The van der Waals surface area contributed by atoms with Gasteiger partial charge in [0.2, 0.25) is 5.28 Å². The van der Waals surface area contributed by atoms with Crippen molar-refractivity contribution in [1.29, 1.82) is 0 Å². The molecular formula is C23H14ClN3. The molecule has 0 spiro atoms. The quantitative estimate of drug-likeness (QED) is 0.371. The van der Waals surface area contributed by atoms with Gasteiger partial charge in [-0.2, -0.15) is 9.97 Å². The lowest BCUT2D eigenvalue weighted by Crippen LogP contribution is -1.97. The molecule has 5 rings (SSSR count). The Hall–Kier alpha value is -3.30. The fraction of sp³-hybridized carbons (Fsp3) is 0. The van der Waals surface area contributed by atoms with Crippen molar-refractivity contribution in [3.8, 4) is 22.8 Å². The molecule has 0 aliphatic rings. The van der Waals surface area contributed by atoms with Crippen molar-refractivity contribution in [2.45, 2.75) is 0 Å². The van der Waals surface area contributed by atoms with Gasteiger partial charge in [0, 0.05) is 11.1 Å². The number of hydrogen-bond acceptors (Lipinski definition) is 3. The second-order valence-corrected chi connectivity index (χ2v) is 6.15. The molecule has 0 saturated heterocycles. The molecule has 128 valence electrons. The third-order valence-corrected chi connectivity index (χ3v) is 4.32.